The number of carbonyl (C=O) groups excluding carboxylic acids is 1. The Labute approximate surface area is 145 Å². The molecule has 1 amide bonds. The van der Waals surface area contributed by atoms with Gasteiger partial charge in [-0.1, -0.05) is 30.3 Å². The highest BCUT2D eigenvalue weighted by molar-refractivity contribution is 8.00. The van der Waals surface area contributed by atoms with Gasteiger partial charge in [-0.25, -0.2) is 0 Å². The molecule has 0 fully saturated rings. The Kier molecular flexibility index (Phi) is 7.29. The predicted molar refractivity (Wildman–Crippen MR) is 94.8 cm³/mol. The average Bonchev–Trinajstić information content (AvgIpc) is 2.60. The maximum atomic E-state index is 12.4. The fourth-order valence-electron chi connectivity index (χ4n) is 2.23. The number of benzene rings is 1. The minimum absolute atomic E-state index is 0.0472. The molecule has 0 unspecified atom stereocenters. The van der Waals surface area contributed by atoms with E-state index in [1.54, 1.807) is 17.3 Å². The first kappa shape index (κ1) is 18.0. The summed E-state index contributed by atoms with van der Waals surface area (Å²) in [5, 5.41) is 8.70. The van der Waals surface area contributed by atoms with Crippen LogP contribution >= 0.6 is 11.8 Å². The van der Waals surface area contributed by atoms with Crippen LogP contribution in [-0.4, -0.2) is 44.9 Å². The number of carboxylic acids is 1. The first-order valence-corrected chi connectivity index (χ1v) is 8.81. The Hall–Kier alpha value is -2.34. The predicted octanol–water partition coefficient (Wildman–Crippen LogP) is 2.47. The summed E-state index contributed by atoms with van der Waals surface area (Å²) in [7, 11) is 0. The van der Waals surface area contributed by atoms with Crippen molar-refractivity contribution in [2.24, 2.45) is 0 Å². The van der Waals surface area contributed by atoms with Crippen molar-refractivity contribution in [2.75, 3.05) is 18.1 Å². The second-order valence-electron chi connectivity index (χ2n) is 5.29. The van der Waals surface area contributed by atoms with E-state index in [-0.39, 0.29) is 17.4 Å². The lowest BCUT2D eigenvalue weighted by atomic mass is 10.1. The molecule has 0 saturated heterocycles. The monoisotopic (exact) mass is 344 g/mol. The van der Waals surface area contributed by atoms with Gasteiger partial charge in [0.2, 0.25) is 5.91 Å². The fraction of sp³-hybridized carbons (Fsp3) is 0.278. The molecule has 1 aromatic carbocycles. The summed E-state index contributed by atoms with van der Waals surface area (Å²) in [5.74, 6) is -0.841. The molecular formula is C18H20N2O3S. The van der Waals surface area contributed by atoms with Crippen molar-refractivity contribution in [3.8, 4) is 0 Å². The van der Waals surface area contributed by atoms with Gasteiger partial charge in [0.15, 0.2) is 0 Å². The van der Waals surface area contributed by atoms with E-state index in [1.807, 2.05) is 42.5 Å². The van der Waals surface area contributed by atoms with Crippen molar-refractivity contribution >= 4 is 23.6 Å². The zero-order chi connectivity index (χ0) is 17.2. The van der Waals surface area contributed by atoms with Crippen LogP contribution in [0.5, 0.6) is 0 Å². The van der Waals surface area contributed by atoms with Crippen molar-refractivity contribution in [3.63, 3.8) is 0 Å². The lowest BCUT2D eigenvalue weighted by Gasteiger charge is -2.23. The smallest absolute Gasteiger partial charge is 0.313 e. The van der Waals surface area contributed by atoms with E-state index in [9.17, 15) is 9.59 Å². The Bertz CT molecular complexity index is 650. The highest BCUT2D eigenvalue weighted by Crippen LogP contribution is 2.10. The first-order chi connectivity index (χ1) is 11.6. The molecule has 126 valence electrons. The van der Waals surface area contributed by atoms with E-state index in [1.165, 1.54) is 5.56 Å². The standard InChI is InChI=1S/C18H20N2O3S/c21-17(13-24-14-18(22)23)20(12-16-6-9-19-10-7-16)11-8-15-4-2-1-3-5-15/h1-7,9-10H,8,11-14H2,(H,22,23). The zero-order valence-electron chi connectivity index (χ0n) is 13.3. The molecular weight excluding hydrogens is 324 g/mol. The average molecular weight is 344 g/mol. The Balaban J connectivity index is 1.97. The van der Waals surface area contributed by atoms with Crippen LogP contribution in [0.1, 0.15) is 11.1 Å². The molecule has 24 heavy (non-hydrogen) atoms. The fourth-order valence-corrected chi connectivity index (χ4v) is 2.86. The van der Waals surface area contributed by atoms with E-state index in [4.69, 9.17) is 5.11 Å². The van der Waals surface area contributed by atoms with Gasteiger partial charge in [0.05, 0.1) is 11.5 Å². The summed E-state index contributed by atoms with van der Waals surface area (Å²) in [6.07, 6.45) is 4.17. The third kappa shape index (κ3) is 6.42. The molecule has 2 rings (SSSR count). The van der Waals surface area contributed by atoms with Gasteiger partial charge in [0.1, 0.15) is 0 Å². The van der Waals surface area contributed by atoms with E-state index < -0.39 is 5.97 Å². The number of pyridine rings is 1. The molecule has 0 spiro atoms. The lowest BCUT2D eigenvalue weighted by molar-refractivity contribution is -0.133. The number of hydrogen-bond donors (Lipinski definition) is 1. The molecule has 0 aliphatic heterocycles. The van der Waals surface area contributed by atoms with Crippen molar-refractivity contribution < 1.29 is 14.7 Å². The molecule has 1 aromatic heterocycles. The molecule has 5 nitrogen and oxygen atoms in total. The summed E-state index contributed by atoms with van der Waals surface area (Å²) in [6.45, 7) is 1.10. The second kappa shape index (κ2) is 9.72. The molecule has 0 aliphatic carbocycles. The van der Waals surface area contributed by atoms with Gasteiger partial charge >= 0.3 is 5.97 Å². The van der Waals surface area contributed by atoms with Crippen LogP contribution in [0.15, 0.2) is 54.9 Å². The summed E-state index contributed by atoms with van der Waals surface area (Å²) in [5.41, 5.74) is 2.18. The molecule has 0 aliphatic rings. The number of amides is 1. The molecule has 1 N–H and O–H groups in total. The van der Waals surface area contributed by atoms with E-state index >= 15 is 0 Å². The third-order valence-electron chi connectivity index (χ3n) is 3.44. The molecule has 0 atom stereocenters. The number of hydrogen-bond acceptors (Lipinski definition) is 4. The van der Waals surface area contributed by atoms with Crippen molar-refractivity contribution in [1.82, 2.24) is 9.88 Å². The maximum absolute atomic E-state index is 12.4. The largest absolute Gasteiger partial charge is 0.481 e. The molecule has 0 radical (unpaired) electrons. The van der Waals surface area contributed by atoms with Gasteiger partial charge in [-0.3, -0.25) is 14.6 Å². The van der Waals surface area contributed by atoms with Gasteiger partial charge in [0.25, 0.3) is 0 Å². The van der Waals surface area contributed by atoms with Gasteiger partial charge in [-0.05, 0) is 29.7 Å². The SMILES string of the molecule is O=C(O)CSCC(=O)N(CCc1ccccc1)Cc1ccncc1. The van der Waals surface area contributed by atoms with Crippen LogP contribution in [0.3, 0.4) is 0 Å². The number of rotatable bonds is 9. The second-order valence-corrected chi connectivity index (χ2v) is 6.28. The van der Waals surface area contributed by atoms with Crippen LogP contribution in [0, 0.1) is 0 Å². The van der Waals surface area contributed by atoms with Gasteiger partial charge in [0, 0.05) is 25.5 Å². The van der Waals surface area contributed by atoms with Gasteiger partial charge < -0.3 is 10.0 Å². The summed E-state index contributed by atoms with van der Waals surface area (Å²) in [4.78, 5) is 28.8. The number of aliphatic carboxylic acids is 1. The lowest BCUT2D eigenvalue weighted by Crippen LogP contribution is -2.34. The van der Waals surface area contributed by atoms with Crippen LogP contribution < -0.4 is 0 Å². The molecule has 6 heteroatoms. The minimum atomic E-state index is -0.905. The maximum Gasteiger partial charge on any atom is 0.313 e. The number of nitrogens with zero attached hydrogens (tertiary/aromatic N) is 2. The van der Waals surface area contributed by atoms with Crippen LogP contribution in [0.2, 0.25) is 0 Å². The Morgan fingerprint density at radius 1 is 1.00 bits per heavy atom. The van der Waals surface area contributed by atoms with E-state index in [0.29, 0.717) is 13.1 Å². The van der Waals surface area contributed by atoms with E-state index in [2.05, 4.69) is 4.98 Å². The summed E-state index contributed by atoms with van der Waals surface area (Å²) in [6, 6.07) is 13.8. The topological polar surface area (TPSA) is 70.5 Å². The number of carbonyl (C=O) groups is 2. The van der Waals surface area contributed by atoms with E-state index in [0.717, 1.165) is 23.7 Å². The quantitative estimate of drug-likeness (QED) is 0.757. The zero-order valence-corrected chi connectivity index (χ0v) is 14.1. The minimum Gasteiger partial charge on any atom is -0.481 e. The summed E-state index contributed by atoms with van der Waals surface area (Å²) >= 11 is 1.13. The van der Waals surface area contributed by atoms with Crippen LogP contribution in [0.4, 0.5) is 0 Å². The Morgan fingerprint density at radius 2 is 1.71 bits per heavy atom. The number of thioether (sulfide) groups is 1. The molecule has 1 heterocycles. The van der Waals surface area contributed by atoms with Gasteiger partial charge in [-0.15, -0.1) is 11.8 Å². The normalized spacial score (nSPS) is 10.3. The summed E-state index contributed by atoms with van der Waals surface area (Å²) < 4.78 is 0. The van der Waals surface area contributed by atoms with Crippen LogP contribution in [0.25, 0.3) is 0 Å². The number of aromatic nitrogens is 1. The molecule has 0 saturated carbocycles. The number of carboxylic acid groups (broad SMARTS) is 1. The van der Waals surface area contributed by atoms with Crippen molar-refractivity contribution in [3.05, 3.63) is 66.0 Å². The first-order valence-electron chi connectivity index (χ1n) is 7.65. The molecule has 2 aromatic rings. The highest BCUT2D eigenvalue weighted by Gasteiger charge is 2.15. The van der Waals surface area contributed by atoms with Crippen LogP contribution in [-0.2, 0) is 22.6 Å². The third-order valence-corrected chi connectivity index (χ3v) is 4.34. The van der Waals surface area contributed by atoms with Crippen molar-refractivity contribution in [2.45, 2.75) is 13.0 Å². The highest BCUT2D eigenvalue weighted by atomic mass is 32.2. The molecule has 0 bridgehead atoms. The van der Waals surface area contributed by atoms with Crippen molar-refractivity contribution in [1.29, 1.82) is 0 Å². The van der Waals surface area contributed by atoms with Gasteiger partial charge in [-0.2, -0.15) is 0 Å². The Morgan fingerprint density at radius 3 is 2.38 bits per heavy atom.